The Morgan fingerprint density at radius 1 is 0.338 bits per heavy atom. The molecule has 0 spiro atoms. The zero-order valence-corrected chi connectivity index (χ0v) is 39.4. The molecule has 3 nitrogen and oxygen atoms in total. The van der Waals surface area contributed by atoms with E-state index < -0.39 is 5.41 Å². The van der Waals surface area contributed by atoms with Crippen LogP contribution in [0.3, 0.4) is 0 Å². The van der Waals surface area contributed by atoms with Crippen molar-refractivity contribution in [2.75, 3.05) is 9.80 Å². The molecule has 0 atom stereocenters. The lowest BCUT2D eigenvalue weighted by molar-refractivity contribution is 0.669. The molecule has 0 saturated carbocycles. The molecule has 0 aliphatic heterocycles. The van der Waals surface area contributed by atoms with E-state index in [-0.39, 0.29) is 0 Å². The zero-order chi connectivity index (χ0) is 46.9. The molecule has 13 aromatic rings. The summed E-state index contributed by atoms with van der Waals surface area (Å²) in [6, 6.07) is 97.2. The Bertz CT molecular complexity index is 4090. The largest absolute Gasteiger partial charge is 0.454 e. The van der Waals surface area contributed by atoms with E-state index in [1.165, 1.54) is 64.7 Å². The Hall–Kier alpha value is -8.96. The highest BCUT2D eigenvalue weighted by atomic mass is 32.1. The van der Waals surface area contributed by atoms with Gasteiger partial charge in [0, 0.05) is 49.0 Å². The number of anilines is 6. The minimum atomic E-state index is -0.574. The molecule has 0 radical (unpaired) electrons. The molecule has 71 heavy (non-hydrogen) atoms. The second-order valence-electron chi connectivity index (χ2n) is 18.4. The average Bonchev–Trinajstić information content (AvgIpc) is 4.12. The fourth-order valence-electron chi connectivity index (χ4n) is 11.5. The minimum absolute atomic E-state index is 0.574. The monoisotopic (exact) mass is 924 g/mol. The van der Waals surface area contributed by atoms with Crippen LogP contribution in [0.2, 0.25) is 0 Å². The van der Waals surface area contributed by atoms with Crippen LogP contribution in [-0.2, 0) is 5.41 Å². The molecular formula is C67H44N2OS. The van der Waals surface area contributed by atoms with Crippen LogP contribution >= 0.6 is 11.3 Å². The summed E-state index contributed by atoms with van der Waals surface area (Å²) in [5, 5.41) is 4.69. The van der Waals surface area contributed by atoms with Gasteiger partial charge in [0.15, 0.2) is 5.58 Å². The van der Waals surface area contributed by atoms with Crippen molar-refractivity contribution in [1.29, 1.82) is 0 Å². The van der Waals surface area contributed by atoms with Crippen LogP contribution < -0.4 is 9.80 Å². The number of thiophene rings is 1. The first-order chi connectivity index (χ1) is 35.2. The molecule has 0 bridgehead atoms. The fraction of sp³-hybridized carbons (Fsp3) is 0.0149. The standard InChI is InChI=1S/C67H44N2OS/c1-3-19-45(20-4-1)46-39-41-49(42-40-46)68(62-36-18-32-58-56-30-10-14-38-64(56)71-66(58)62)51-25-16-26-52(44-51)69(61-35-17-31-57-55-29-9-13-37-63(55)70-65(57)61)50-24-15-23-48(43-50)67(47-21-5-2-6-22-47)59-33-11-7-27-53(59)54-28-8-12-34-60(54)67/h1-44H. The summed E-state index contributed by atoms with van der Waals surface area (Å²) in [7, 11) is 0. The summed E-state index contributed by atoms with van der Waals surface area (Å²) in [5.41, 5.74) is 17.2. The number of fused-ring (bicyclic) bond motifs is 9. The first kappa shape index (κ1) is 41.1. The Morgan fingerprint density at radius 3 is 1.61 bits per heavy atom. The highest BCUT2D eigenvalue weighted by Crippen LogP contribution is 2.57. The van der Waals surface area contributed by atoms with Gasteiger partial charge in [-0.1, -0.05) is 200 Å². The van der Waals surface area contributed by atoms with E-state index in [9.17, 15) is 0 Å². The molecule has 0 unspecified atom stereocenters. The van der Waals surface area contributed by atoms with Gasteiger partial charge >= 0.3 is 0 Å². The topological polar surface area (TPSA) is 19.6 Å². The van der Waals surface area contributed by atoms with Crippen molar-refractivity contribution in [3.05, 3.63) is 289 Å². The Kier molecular flexibility index (Phi) is 9.61. The molecule has 1 aliphatic carbocycles. The number of nitrogens with zero attached hydrogens (tertiary/aromatic N) is 2. The lowest BCUT2D eigenvalue weighted by Crippen LogP contribution is -2.28. The van der Waals surface area contributed by atoms with E-state index in [1.54, 1.807) is 0 Å². The van der Waals surface area contributed by atoms with Crippen molar-refractivity contribution in [1.82, 2.24) is 0 Å². The molecule has 1 aliphatic rings. The SMILES string of the molecule is c1ccc(-c2ccc(N(c3cccc(N(c4cccc(C5(c6ccccc6)c6ccccc6-c6ccccc65)c4)c4cccc5c4oc4ccccc45)c3)c3cccc4c3sc3ccccc34)cc2)cc1. The third-order valence-electron chi connectivity index (χ3n) is 14.5. The molecule has 0 N–H and O–H groups in total. The normalized spacial score (nSPS) is 12.6. The number of benzene rings is 11. The summed E-state index contributed by atoms with van der Waals surface area (Å²) in [6.07, 6.45) is 0. The Balaban J connectivity index is 1.01. The van der Waals surface area contributed by atoms with Gasteiger partial charge in [0.25, 0.3) is 0 Å². The highest BCUT2D eigenvalue weighted by molar-refractivity contribution is 7.26. The maximum absolute atomic E-state index is 6.91. The highest BCUT2D eigenvalue weighted by Gasteiger charge is 2.46. The third kappa shape index (κ3) is 6.49. The van der Waals surface area contributed by atoms with Crippen LogP contribution in [0.15, 0.2) is 271 Å². The molecule has 0 saturated heterocycles. The van der Waals surface area contributed by atoms with Gasteiger partial charge in [-0.25, -0.2) is 0 Å². The van der Waals surface area contributed by atoms with Gasteiger partial charge < -0.3 is 14.2 Å². The van der Waals surface area contributed by atoms with Gasteiger partial charge in [0.2, 0.25) is 0 Å². The van der Waals surface area contributed by atoms with Crippen molar-refractivity contribution in [3.63, 3.8) is 0 Å². The van der Waals surface area contributed by atoms with Gasteiger partial charge in [-0.05, 0) is 111 Å². The van der Waals surface area contributed by atoms with E-state index in [1.807, 2.05) is 17.4 Å². The number of rotatable bonds is 9. The molecule has 2 aromatic heterocycles. The summed E-state index contributed by atoms with van der Waals surface area (Å²) in [4.78, 5) is 4.84. The molecule has 11 aromatic carbocycles. The molecular weight excluding hydrogens is 881 g/mol. The van der Waals surface area contributed by atoms with Crippen molar-refractivity contribution in [3.8, 4) is 22.3 Å². The van der Waals surface area contributed by atoms with Crippen molar-refractivity contribution in [2.24, 2.45) is 0 Å². The molecule has 334 valence electrons. The van der Waals surface area contributed by atoms with E-state index in [0.29, 0.717) is 0 Å². The van der Waals surface area contributed by atoms with Crippen LogP contribution in [0.25, 0.3) is 64.4 Å². The van der Waals surface area contributed by atoms with Gasteiger partial charge in [0.1, 0.15) is 5.58 Å². The number of furan rings is 1. The predicted molar refractivity (Wildman–Crippen MR) is 299 cm³/mol. The molecule has 0 amide bonds. The van der Waals surface area contributed by atoms with E-state index >= 15 is 0 Å². The number of para-hydroxylation sites is 2. The molecule has 4 heteroatoms. The van der Waals surface area contributed by atoms with Gasteiger partial charge in [-0.15, -0.1) is 11.3 Å². The second-order valence-corrected chi connectivity index (χ2v) is 19.4. The van der Waals surface area contributed by atoms with Gasteiger partial charge in [-0.3, -0.25) is 0 Å². The lowest BCUT2D eigenvalue weighted by atomic mass is 9.67. The summed E-state index contributed by atoms with van der Waals surface area (Å²) >= 11 is 1.85. The van der Waals surface area contributed by atoms with E-state index in [2.05, 4.69) is 271 Å². The van der Waals surface area contributed by atoms with Gasteiger partial charge in [0.05, 0.1) is 21.5 Å². The van der Waals surface area contributed by atoms with Crippen molar-refractivity contribution in [2.45, 2.75) is 5.41 Å². The van der Waals surface area contributed by atoms with Crippen LogP contribution in [0.1, 0.15) is 22.3 Å². The summed E-state index contributed by atoms with van der Waals surface area (Å²) in [6.45, 7) is 0. The van der Waals surface area contributed by atoms with Crippen LogP contribution in [-0.4, -0.2) is 0 Å². The van der Waals surface area contributed by atoms with E-state index in [0.717, 1.165) is 56.1 Å². The van der Waals surface area contributed by atoms with Crippen LogP contribution in [0.4, 0.5) is 34.1 Å². The molecule has 2 heterocycles. The zero-order valence-electron chi connectivity index (χ0n) is 38.6. The molecule has 0 fully saturated rings. The second kappa shape index (κ2) is 16.6. The fourth-order valence-corrected chi connectivity index (χ4v) is 12.7. The summed E-state index contributed by atoms with van der Waals surface area (Å²) < 4.78 is 9.42. The van der Waals surface area contributed by atoms with Crippen molar-refractivity contribution < 1.29 is 4.42 Å². The first-order valence-electron chi connectivity index (χ1n) is 24.2. The van der Waals surface area contributed by atoms with Gasteiger partial charge in [-0.2, -0.15) is 0 Å². The maximum Gasteiger partial charge on any atom is 0.159 e. The lowest BCUT2D eigenvalue weighted by Gasteiger charge is -2.35. The predicted octanol–water partition coefficient (Wildman–Crippen LogP) is 18.9. The Labute approximate surface area is 416 Å². The average molecular weight is 925 g/mol. The summed E-state index contributed by atoms with van der Waals surface area (Å²) in [5.74, 6) is 0. The number of hydrogen-bond donors (Lipinski definition) is 0. The van der Waals surface area contributed by atoms with E-state index in [4.69, 9.17) is 4.42 Å². The minimum Gasteiger partial charge on any atom is -0.454 e. The third-order valence-corrected chi connectivity index (χ3v) is 15.7. The smallest absolute Gasteiger partial charge is 0.159 e. The Morgan fingerprint density at radius 2 is 0.859 bits per heavy atom. The maximum atomic E-state index is 6.91. The first-order valence-corrected chi connectivity index (χ1v) is 25.1. The quantitative estimate of drug-likeness (QED) is 0.144. The molecule has 14 rings (SSSR count). The number of hydrogen-bond acceptors (Lipinski definition) is 4. The van der Waals surface area contributed by atoms with Crippen molar-refractivity contribution >= 4 is 87.6 Å². The van der Waals surface area contributed by atoms with Crippen LogP contribution in [0.5, 0.6) is 0 Å². The van der Waals surface area contributed by atoms with Crippen LogP contribution in [0, 0.1) is 0 Å².